The predicted molar refractivity (Wildman–Crippen MR) is 276 cm³/mol. The van der Waals surface area contributed by atoms with Crippen molar-refractivity contribution in [1.82, 2.24) is 59.8 Å². The second-order valence-corrected chi connectivity index (χ2v) is 16.2. The SMILES string of the molecule is N#CC(c1nc(-c2nc3ccccc3o2)nc(-c2nc3ccccc3o2)n1)c1nc2ccccc2[nH]1.Nc1ccccc1N.[C-]#[N+]C(C(=O)OCC)c1nc(-c2nc3ccccc3o2)nc(-c2nc3ccccc3o2)n1. The normalized spacial score (nSPS) is 11.8. The molecule has 6 aromatic carbocycles. The van der Waals surface area contributed by atoms with Crippen molar-refractivity contribution in [3.63, 3.8) is 0 Å². The number of nitrogen functional groups attached to an aromatic ring is 2. The van der Waals surface area contributed by atoms with E-state index < -0.39 is 17.9 Å². The van der Waals surface area contributed by atoms with Crippen LogP contribution in [0.5, 0.6) is 0 Å². The molecule has 13 aromatic rings. The highest BCUT2D eigenvalue weighted by Gasteiger charge is 2.34. The van der Waals surface area contributed by atoms with Gasteiger partial charge in [-0.3, -0.25) is 4.85 Å². The summed E-state index contributed by atoms with van der Waals surface area (Å²) in [5.41, 5.74) is 18.4. The first kappa shape index (κ1) is 47.1. The number of nitrogens with one attached hydrogen (secondary N) is 1. The van der Waals surface area contributed by atoms with Crippen LogP contribution >= 0.6 is 0 Å². The maximum Gasteiger partial charge on any atom is 0.398 e. The summed E-state index contributed by atoms with van der Waals surface area (Å²) in [4.78, 5) is 68.0. The molecule has 76 heavy (non-hydrogen) atoms. The van der Waals surface area contributed by atoms with Crippen LogP contribution in [0.15, 0.2) is 163 Å². The predicted octanol–water partition coefficient (Wildman–Crippen LogP) is 9.88. The number of anilines is 2. The molecule has 0 amide bonds. The van der Waals surface area contributed by atoms with Crippen LogP contribution in [-0.4, -0.2) is 72.4 Å². The van der Waals surface area contributed by atoms with E-state index in [9.17, 15) is 10.1 Å². The molecule has 0 aliphatic rings. The zero-order valence-corrected chi connectivity index (χ0v) is 39.6. The van der Waals surface area contributed by atoms with Crippen LogP contribution in [0.2, 0.25) is 0 Å². The van der Waals surface area contributed by atoms with E-state index in [1.165, 1.54) is 0 Å². The average Bonchev–Trinajstić information content (AvgIpc) is 4.33. The van der Waals surface area contributed by atoms with Gasteiger partial charge in [0.2, 0.25) is 29.1 Å². The number of H-pyrrole nitrogens is 1. The minimum Gasteiger partial charge on any atom is -0.460 e. The van der Waals surface area contributed by atoms with Gasteiger partial charge in [-0.25, -0.2) is 46.3 Å². The van der Waals surface area contributed by atoms with Gasteiger partial charge in [0.05, 0.1) is 35.1 Å². The van der Waals surface area contributed by atoms with Gasteiger partial charge in [0.1, 0.15) is 27.9 Å². The summed E-state index contributed by atoms with van der Waals surface area (Å²) in [5, 5.41) is 10.1. The minimum absolute atomic E-state index is 0.0430. The van der Waals surface area contributed by atoms with Crippen LogP contribution in [0.4, 0.5) is 11.4 Å². The van der Waals surface area contributed by atoms with Gasteiger partial charge < -0.3 is 38.9 Å². The second-order valence-electron chi connectivity index (χ2n) is 16.2. The first-order chi connectivity index (χ1) is 37.2. The van der Waals surface area contributed by atoms with E-state index in [4.69, 9.17) is 40.4 Å². The zero-order chi connectivity index (χ0) is 52.1. The third-order valence-electron chi connectivity index (χ3n) is 11.2. The number of oxazole rings is 4. The number of aromatic amines is 1. The fraction of sp³-hybridized carbons (Fsp3) is 0.0741. The van der Waals surface area contributed by atoms with Crippen molar-refractivity contribution in [3.8, 4) is 52.9 Å². The largest absolute Gasteiger partial charge is 0.460 e. The Balaban J connectivity index is 0.000000142. The first-order valence-electron chi connectivity index (χ1n) is 23.1. The minimum atomic E-state index is -1.38. The Morgan fingerprint density at radius 3 is 1.26 bits per heavy atom. The highest BCUT2D eigenvalue weighted by Crippen LogP contribution is 2.31. The number of imidazole rings is 1. The van der Waals surface area contributed by atoms with Gasteiger partial charge in [-0.05, 0) is 79.7 Å². The molecule has 0 saturated heterocycles. The maximum atomic E-state index is 12.3. The number of benzene rings is 6. The third kappa shape index (κ3) is 9.61. The molecule has 0 radical (unpaired) electrons. The van der Waals surface area contributed by atoms with Crippen molar-refractivity contribution in [2.75, 3.05) is 18.1 Å². The number of rotatable bonds is 9. The van der Waals surface area contributed by atoms with Crippen molar-refractivity contribution in [3.05, 3.63) is 174 Å². The number of carbonyl (C=O) groups excluding carboxylic acids is 1. The number of carbonyl (C=O) groups is 1. The standard InChI is InChI=1S/C26H14N8O2.C22H14N6O4.C6H8N2/c27-13-14(21-28-15-7-1-2-8-16(15)29-21)22-32-23(25-30-17-9-3-5-11-19(17)35-25)34-24(33-22)26-31-18-10-4-6-12-20(18)36-26;1-3-30-22(29)16(23-2)17-26-18(20-24-12-8-4-6-10-14(12)31-20)28-19(27-17)21-25-13-9-5-7-11-15(13)32-21;7-5-3-1-2-4-6(5)8/h1-12,14H,(H,28,29);4-11,16H,3H2,1H3;1-4H,7-8H2. The lowest BCUT2D eigenvalue weighted by molar-refractivity contribution is -0.143. The molecule has 0 aliphatic heterocycles. The molecular formula is C54H36N16O6. The van der Waals surface area contributed by atoms with Gasteiger partial charge in [0.25, 0.3) is 23.6 Å². The van der Waals surface area contributed by atoms with Crippen molar-refractivity contribution in [2.24, 2.45) is 0 Å². The monoisotopic (exact) mass is 1000 g/mol. The molecule has 0 bridgehead atoms. The fourth-order valence-electron chi connectivity index (χ4n) is 7.59. The fourth-order valence-corrected chi connectivity index (χ4v) is 7.59. The Labute approximate surface area is 428 Å². The number of aromatic nitrogens is 12. The molecule has 0 saturated carbocycles. The Morgan fingerprint density at radius 2 is 0.908 bits per heavy atom. The van der Waals surface area contributed by atoms with E-state index in [-0.39, 0.29) is 65.1 Å². The van der Waals surface area contributed by atoms with E-state index in [0.29, 0.717) is 61.6 Å². The summed E-state index contributed by atoms with van der Waals surface area (Å²) in [5.74, 6) is -0.192. The summed E-state index contributed by atoms with van der Waals surface area (Å²) in [6.45, 7) is 9.25. The Bertz CT molecular complexity index is 3990. The van der Waals surface area contributed by atoms with Crippen LogP contribution in [0.25, 0.3) is 107 Å². The lowest BCUT2D eigenvalue weighted by Gasteiger charge is -2.07. The summed E-state index contributed by atoms with van der Waals surface area (Å²) >= 11 is 0. The molecule has 2 atom stereocenters. The van der Waals surface area contributed by atoms with Gasteiger partial charge in [-0.2, -0.15) is 25.2 Å². The van der Waals surface area contributed by atoms with Crippen LogP contribution < -0.4 is 11.5 Å². The first-order valence-corrected chi connectivity index (χ1v) is 23.1. The topological polar surface area (TPSA) is 317 Å². The van der Waals surface area contributed by atoms with Crippen molar-refractivity contribution in [1.29, 1.82) is 5.26 Å². The number of hydrogen-bond donors (Lipinski definition) is 3. The summed E-state index contributed by atoms with van der Waals surface area (Å²) in [6.07, 6.45) is 0. The van der Waals surface area contributed by atoms with E-state index in [0.717, 1.165) is 11.0 Å². The van der Waals surface area contributed by atoms with Crippen molar-refractivity contribution in [2.45, 2.75) is 18.9 Å². The quantitative estimate of drug-likeness (QED) is 0.0687. The maximum absolute atomic E-state index is 12.3. The molecule has 368 valence electrons. The number of fused-ring (bicyclic) bond motifs is 5. The molecule has 0 aliphatic carbocycles. The van der Waals surface area contributed by atoms with Crippen LogP contribution in [0.3, 0.4) is 0 Å². The molecular weight excluding hydrogens is 969 g/mol. The highest BCUT2D eigenvalue weighted by atomic mass is 16.5. The Kier molecular flexibility index (Phi) is 12.7. The molecule has 13 rings (SSSR count). The number of esters is 1. The number of nitrogens with zero attached hydrogens (tertiary/aromatic N) is 13. The highest BCUT2D eigenvalue weighted by molar-refractivity contribution is 5.81. The smallest absolute Gasteiger partial charge is 0.398 e. The van der Waals surface area contributed by atoms with Gasteiger partial charge in [-0.15, -0.1) is 0 Å². The number of nitrogens with two attached hydrogens (primary N) is 2. The van der Waals surface area contributed by atoms with Crippen LogP contribution in [0.1, 0.15) is 36.4 Å². The van der Waals surface area contributed by atoms with Gasteiger partial charge in [-0.1, -0.05) is 72.8 Å². The molecule has 22 heteroatoms. The molecule has 22 nitrogen and oxygen atoms in total. The van der Waals surface area contributed by atoms with Gasteiger partial charge in [0, 0.05) is 0 Å². The molecule has 7 heterocycles. The molecule has 2 unspecified atom stereocenters. The van der Waals surface area contributed by atoms with Crippen molar-refractivity contribution < 1.29 is 27.2 Å². The van der Waals surface area contributed by atoms with E-state index in [2.05, 4.69) is 70.7 Å². The Hall–Kier alpha value is -11.3. The molecule has 7 aromatic heterocycles. The number of ether oxygens (including phenoxy) is 1. The van der Waals surface area contributed by atoms with Crippen molar-refractivity contribution >= 4 is 72.8 Å². The molecule has 0 fully saturated rings. The van der Waals surface area contributed by atoms with Gasteiger partial charge >= 0.3 is 12.0 Å². The summed E-state index contributed by atoms with van der Waals surface area (Å²) in [7, 11) is 0. The van der Waals surface area contributed by atoms with E-state index >= 15 is 0 Å². The second kappa shape index (κ2) is 20.5. The average molecular weight is 1000 g/mol. The Morgan fingerprint density at radius 1 is 0.539 bits per heavy atom. The number of nitriles is 1. The summed E-state index contributed by atoms with van der Waals surface area (Å²) in [6, 6.07) is 44.7. The molecule has 5 N–H and O–H groups in total. The van der Waals surface area contributed by atoms with Crippen LogP contribution in [0, 0.1) is 17.9 Å². The summed E-state index contributed by atoms with van der Waals surface area (Å²) < 4.78 is 28.4. The number of para-hydroxylation sites is 12. The van der Waals surface area contributed by atoms with Crippen LogP contribution in [-0.2, 0) is 9.53 Å². The van der Waals surface area contributed by atoms with E-state index in [1.54, 1.807) is 43.3 Å². The lowest BCUT2D eigenvalue weighted by Crippen LogP contribution is -2.17. The lowest BCUT2D eigenvalue weighted by atomic mass is 10.1. The third-order valence-corrected chi connectivity index (χ3v) is 11.2. The van der Waals surface area contributed by atoms with E-state index in [1.807, 2.05) is 109 Å². The number of hydrogen-bond acceptors (Lipinski definition) is 20. The zero-order valence-electron chi connectivity index (χ0n) is 39.6. The molecule has 0 spiro atoms. The van der Waals surface area contributed by atoms with Gasteiger partial charge in [0.15, 0.2) is 34.1 Å².